The average molecular weight is 433 g/mol. The van der Waals surface area contributed by atoms with Gasteiger partial charge in [-0.1, -0.05) is 47.5 Å². The largest absolute Gasteiger partial charge is 0.393 e. The Kier molecular flexibility index (Phi) is 6.68. The molecule has 4 aliphatic rings. The SMILES string of the molecule is C[C@H](CCC[C@H](O)C(C)(C)C)[C@H]1CC[C@H]2[C@@H]3CC[C@H]4C[C@@](C)(O)CC[C@@H]4[C@H]3CC[C@]12C. The number of aliphatic hydroxyl groups excluding tert-OH is 1. The van der Waals surface area contributed by atoms with Crippen LogP contribution < -0.4 is 0 Å². The summed E-state index contributed by atoms with van der Waals surface area (Å²) in [5.41, 5.74) is 0.166. The van der Waals surface area contributed by atoms with Gasteiger partial charge in [-0.15, -0.1) is 0 Å². The molecule has 0 aliphatic heterocycles. The van der Waals surface area contributed by atoms with Gasteiger partial charge in [0, 0.05) is 0 Å². The third-order valence-corrected chi connectivity index (χ3v) is 11.1. The van der Waals surface area contributed by atoms with Gasteiger partial charge < -0.3 is 10.2 Å². The van der Waals surface area contributed by atoms with Crippen molar-refractivity contribution in [2.75, 3.05) is 0 Å². The van der Waals surface area contributed by atoms with Gasteiger partial charge in [0.1, 0.15) is 0 Å². The van der Waals surface area contributed by atoms with Gasteiger partial charge in [0.2, 0.25) is 0 Å². The summed E-state index contributed by atoms with van der Waals surface area (Å²) in [6, 6.07) is 0. The molecule has 0 saturated heterocycles. The molecule has 0 unspecified atom stereocenters. The summed E-state index contributed by atoms with van der Waals surface area (Å²) < 4.78 is 0. The first kappa shape index (κ1) is 24.1. The van der Waals surface area contributed by atoms with E-state index in [1.807, 2.05) is 0 Å². The number of fused-ring (bicyclic) bond motifs is 5. The van der Waals surface area contributed by atoms with Crippen molar-refractivity contribution in [3.05, 3.63) is 0 Å². The second kappa shape index (κ2) is 8.61. The van der Waals surface area contributed by atoms with E-state index >= 15 is 0 Å². The molecule has 4 aliphatic carbocycles. The molecule has 4 saturated carbocycles. The molecule has 2 heteroatoms. The molecule has 31 heavy (non-hydrogen) atoms. The lowest BCUT2D eigenvalue weighted by molar-refractivity contribution is -0.103. The van der Waals surface area contributed by atoms with E-state index in [4.69, 9.17) is 0 Å². The molecule has 4 fully saturated rings. The van der Waals surface area contributed by atoms with Crippen LogP contribution in [0.2, 0.25) is 0 Å². The van der Waals surface area contributed by atoms with Crippen LogP contribution in [0.3, 0.4) is 0 Å². The minimum Gasteiger partial charge on any atom is -0.393 e. The normalized spacial score (nSPS) is 47.2. The lowest BCUT2D eigenvalue weighted by Crippen LogP contribution is -2.50. The lowest BCUT2D eigenvalue weighted by Gasteiger charge is -2.57. The maximum Gasteiger partial charge on any atom is 0.0622 e. The van der Waals surface area contributed by atoms with Gasteiger partial charge in [-0.3, -0.25) is 0 Å². The molecule has 0 amide bonds. The van der Waals surface area contributed by atoms with Crippen LogP contribution in [-0.2, 0) is 0 Å². The Hall–Kier alpha value is -0.0800. The van der Waals surface area contributed by atoms with Crippen molar-refractivity contribution in [3.8, 4) is 0 Å². The maximum absolute atomic E-state index is 10.6. The van der Waals surface area contributed by atoms with E-state index in [1.54, 1.807) is 0 Å². The summed E-state index contributed by atoms with van der Waals surface area (Å²) in [7, 11) is 0. The summed E-state index contributed by atoms with van der Waals surface area (Å²) in [5.74, 6) is 6.22. The number of hydrogen-bond acceptors (Lipinski definition) is 2. The van der Waals surface area contributed by atoms with Crippen LogP contribution in [0.4, 0.5) is 0 Å². The third kappa shape index (κ3) is 4.64. The van der Waals surface area contributed by atoms with Crippen LogP contribution in [0.15, 0.2) is 0 Å². The molecular formula is C29H52O2. The van der Waals surface area contributed by atoms with E-state index in [0.29, 0.717) is 5.41 Å². The third-order valence-electron chi connectivity index (χ3n) is 11.1. The van der Waals surface area contributed by atoms with Crippen LogP contribution in [0.25, 0.3) is 0 Å². The van der Waals surface area contributed by atoms with Gasteiger partial charge in [-0.25, -0.2) is 0 Å². The van der Waals surface area contributed by atoms with Crippen molar-refractivity contribution in [2.24, 2.45) is 52.3 Å². The summed E-state index contributed by atoms with van der Waals surface area (Å²) in [4.78, 5) is 0. The Morgan fingerprint density at radius 3 is 2.29 bits per heavy atom. The topological polar surface area (TPSA) is 40.5 Å². The molecule has 10 atom stereocenters. The van der Waals surface area contributed by atoms with E-state index in [2.05, 4.69) is 41.5 Å². The quantitative estimate of drug-likeness (QED) is 0.481. The summed E-state index contributed by atoms with van der Waals surface area (Å²) in [6.45, 7) is 13.7. The standard InChI is InChI=1S/C29H52O2/c1-19(8-7-9-26(30)27(2,3)4)24-12-13-25-23-11-10-20-18-28(5,31)16-14-21(20)22(23)15-17-29(24,25)6/h19-26,30-31H,7-18H2,1-6H3/t19-,20+,21+,22-,23-,24-,25+,26+,28+,29-/m1/s1. The van der Waals surface area contributed by atoms with Crippen LogP contribution in [-0.4, -0.2) is 21.9 Å². The van der Waals surface area contributed by atoms with Gasteiger partial charge in [-0.05, 0) is 123 Å². The van der Waals surface area contributed by atoms with Crippen LogP contribution in [0, 0.1) is 52.3 Å². The average Bonchev–Trinajstić information content (AvgIpc) is 3.03. The van der Waals surface area contributed by atoms with E-state index < -0.39 is 5.60 Å². The fourth-order valence-electron chi connectivity index (χ4n) is 9.32. The molecule has 0 radical (unpaired) electrons. The fourth-order valence-corrected chi connectivity index (χ4v) is 9.32. The van der Waals surface area contributed by atoms with Crippen molar-refractivity contribution in [2.45, 2.75) is 130 Å². The summed E-state index contributed by atoms with van der Waals surface area (Å²) in [6.07, 6.45) is 15.2. The van der Waals surface area contributed by atoms with E-state index in [0.717, 1.165) is 60.7 Å². The van der Waals surface area contributed by atoms with Crippen LogP contribution in [0.1, 0.15) is 119 Å². The highest BCUT2D eigenvalue weighted by molar-refractivity contribution is 5.07. The Morgan fingerprint density at radius 2 is 1.58 bits per heavy atom. The minimum absolute atomic E-state index is 0.0114. The Morgan fingerprint density at radius 1 is 0.871 bits per heavy atom. The number of rotatable bonds is 5. The molecule has 180 valence electrons. The zero-order valence-electron chi connectivity index (χ0n) is 21.5. The molecule has 0 bridgehead atoms. The van der Waals surface area contributed by atoms with E-state index in [1.165, 1.54) is 57.8 Å². The number of aliphatic hydroxyl groups is 2. The monoisotopic (exact) mass is 432 g/mol. The molecule has 0 spiro atoms. The fraction of sp³-hybridized carbons (Fsp3) is 1.00. The number of hydrogen-bond donors (Lipinski definition) is 2. The maximum atomic E-state index is 10.6. The van der Waals surface area contributed by atoms with Gasteiger partial charge >= 0.3 is 0 Å². The smallest absolute Gasteiger partial charge is 0.0622 e. The van der Waals surface area contributed by atoms with Crippen molar-refractivity contribution in [1.82, 2.24) is 0 Å². The van der Waals surface area contributed by atoms with Crippen molar-refractivity contribution in [3.63, 3.8) is 0 Å². The van der Waals surface area contributed by atoms with Crippen molar-refractivity contribution < 1.29 is 10.2 Å². The minimum atomic E-state index is -0.397. The molecule has 0 heterocycles. The van der Waals surface area contributed by atoms with Crippen molar-refractivity contribution >= 4 is 0 Å². The summed E-state index contributed by atoms with van der Waals surface area (Å²) >= 11 is 0. The Balaban J connectivity index is 1.37. The van der Waals surface area contributed by atoms with Crippen LogP contribution in [0.5, 0.6) is 0 Å². The first-order valence-electron chi connectivity index (χ1n) is 13.8. The highest BCUT2D eigenvalue weighted by atomic mass is 16.3. The van der Waals surface area contributed by atoms with Gasteiger partial charge in [0.15, 0.2) is 0 Å². The van der Waals surface area contributed by atoms with Crippen LogP contribution >= 0.6 is 0 Å². The molecular weight excluding hydrogens is 380 g/mol. The van der Waals surface area contributed by atoms with Gasteiger partial charge in [-0.2, -0.15) is 0 Å². The van der Waals surface area contributed by atoms with Gasteiger partial charge in [0.05, 0.1) is 11.7 Å². The first-order chi connectivity index (χ1) is 14.4. The Bertz CT molecular complexity index is 619. The predicted molar refractivity (Wildman–Crippen MR) is 130 cm³/mol. The second-order valence-electron chi connectivity index (χ2n) is 14.2. The van der Waals surface area contributed by atoms with E-state index in [-0.39, 0.29) is 11.5 Å². The van der Waals surface area contributed by atoms with E-state index in [9.17, 15) is 10.2 Å². The second-order valence-corrected chi connectivity index (χ2v) is 14.2. The zero-order valence-corrected chi connectivity index (χ0v) is 21.5. The molecule has 0 aromatic carbocycles. The Labute approximate surface area is 193 Å². The highest BCUT2D eigenvalue weighted by Crippen LogP contribution is 2.65. The molecule has 0 aromatic rings. The lowest BCUT2D eigenvalue weighted by atomic mass is 9.48. The predicted octanol–water partition coefficient (Wildman–Crippen LogP) is 7.22. The first-order valence-corrected chi connectivity index (χ1v) is 13.8. The molecule has 4 rings (SSSR count). The highest BCUT2D eigenvalue weighted by Gasteiger charge is 2.58. The molecule has 2 N–H and O–H groups in total. The van der Waals surface area contributed by atoms with Crippen molar-refractivity contribution in [1.29, 1.82) is 0 Å². The van der Waals surface area contributed by atoms with Gasteiger partial charge in [0.25, 0.3) is 0 Å². The molecule has 2 nitrogen and oxygen atoms in total. The summed E-state index contributed by atoms with van der Waals surface area (Å²) in [5, 5.41) is 21.1. The zero-order chi connectivity index (χ0) is 22.6. The molecule has 0 aromatic heterocycles.